The van der Waals surface area contributed by atoms with Gasteiger partial charge in [0, 0.05) is 5.41 Å². The van der Waals surface area contributed by atoms with Crippen molar-refractivity contribution in [3.05, 3.63) is 47.0 Å². The first-order valence-corrected chi connectivity index (χ1v) is 9.61. The number of aryl methyl sites for hydroxylation is 2. The average molecular weight is 312 g/mol. The van der Waals surface area contributed by atoms with Crippen LogP contribution in [0.2, 0.25) is 0 Å². The minimum Gasteiger partial charge on any atom is -0.316 e. The van der Waals surface area contributed by atoms with Crippen LogP contribution in [0.15, 0.2) is 30.4 Å². The Morgan fingerprint density at radius 3 is 2.83 bits per heavy atom. The number of benzene rings is 1. The Morgan fingerprint density at radius 2 is 2.09 bits per heavy atom. The van der Waals surface area contributed by atoms with Crippen LogP contribution in [0.5, 0.6) is 0 Å². The van der Waals surface area contributed by atoms with Crippen LogP contribution in [-0.4, -0.2) is 13.1 Å². The van der Waals surface area contributed by atoms with Crippen molar-refractivity contribution >= 4 is 0 Å². The first kappa shape index (κ1) is 16.8. The maximum Gasteiger partial charge on any atom is 0.000478 e. The number of allylic oxidation sites excluding steroid dienone is 1. The van der Waals surface area contributed by atoms with Crippen LogP contribution in [0.25, 0.3) is 0 Å². The smallest absolute Gasteiger partial charge is 0.000478 e. The van der Waals surface area contributed by atoms with Crippen molar-refractivity contribution < 1.29 is 0 Å². The zero-order valence-corrected chi connectivity index (χ0v) is 15.1. The molecule has 1 N–H and O–H groups in total. The molecular formula is C22H33N. The summed E-state index contributed by atoms with van der Waals surface area (Å²) in [6.45, 7) is 11.5. The van der Waals surface area contributed by atoms with E-state index in [4.69, 9.17) is 0 Å². The van der Waals surface area contributed by atoms with Crippen LogP contribution in [0.1, 0.15) is 68.6 Å². The van der Waals surface area contributed by atoms with Crippen molar-refractivity contribution in [2.75, 3.05) is 13.1 Å². The number of hydrogen-bond donors (Lipinski definition) is 1. The fraction of sp³-hybridized carbons (Fsp3) is 0.636. The van der Waals surface area contributed by atoms with E-state index in [9.17, 15) is 0 Å². The van der Waals surface area contributed by atoms with E-state index in [1.165, 1.54) is 69.0 Å². The molecule has 1 atom stereocenters. The third-order valence-electron chi connectivity index (χ3n) is 6.04. The minimum atomic E-state index is 0.286. The summed E-state index contributed by atoms with van der Waals surface area (Å²) in [6.07, 6.45) is 10.2. The molecule has 2 aliphatic rings. The van der Waals surface area contributed by atoms with E-state index < -0.39 is 0 Å². The second-order valence-corrected chi connectivity index (χ2v) is 7.92. The molecule has 0 radical (unpaired) electrons. The Labute approximate surface area is 142 Å². The summed E-state index contributed by atoms with van der Waals surface area (Å²) in [4.78, 5) is 0. The number of hydrogen-bond acceptors (Lipinski definition) is 1. The summed E-state index contributed by atoms with van der Waals surface area (Å²) in [5.41, 5.74) is 6.48. The maximum atomic E-state index is 4.41. The Kier molecular flexibility index (Phi) is 5.26. The molecular weight excluding hydrogens is 278 g/mol. The molecule has 1 nitrogen and oxygen atoms in total. The lowest BCUT2D eigenvalue weighted by Gasteiger charge is -2.39. The second kappa shape index (κ2) is 7.21. The highest BCUT2D eigenvalue weighted by Crippen LogP contribution is 2.43. The molecule has 1 saturated carbocycles. The maximum absolute atomic E-state index is 4.41. The van der Waals surface area contributed by atoms with Crippen LogP contribution < -0.4 is 5.32 Å². The summed E-state index contributed by atoms with van der Waals surface area (Å²) < 4.78 is 0. The van der Waals surface area contributed by atoms with Gasteiger partial charge >= 0.3 is 0 Å². The third kappa shape index (κ3) is 3.88. The van der Waals surface area contributed by atoms with Gasteiger partial charge in [-0.15, -0.1) is 0 Å². The zero-order valence-electron chi connectivity index (χ0n) is 15.1. The topological polar surface area (TPSA) is 12.0 Å². The summed E-state index contributed by atoms with van der Waals surface area (Å²) in [5.74, 6) is 0.967. The zero-order chi connectivity index (χ0) is 16.3. The molecule has 1 aromatic carbocycles. The van der Waals surface area contributed by atoms with Gasteiger partial charge in [0.25, 0.3) is 0 Å². The van der Waals surface area contributed by atoms with Gasteiger partial charge in [-0.05, 0) is 94.0 Å². The third-order valence-corrected chi connectivity index (χ3v) is 6.04. The van der Waals surface area contributed by atoms with Gasteiger partial charge in [-0.3, -0.25) is 0 Å². The number of rotatable bonds is 6. The van der Waals surface area contributed by atoms with Crippen LogP contribution in [-0.2, 0) is 11.8 Å². The van der Waals surface area contributed by atoms with Crippen molar-refractivity contribution in [1.82, 2.24) is 5.32 Å². The fourth-order valence-corrected chi connectivity index (χ4v) is 4.53. The highest BCUT2D eigenvalue weighted by molar-refractivity contribution is 5.42. The van der Waals surface area contributed by atoms with Crippen LogP contribution in [0.4, 0.5) is 0 Å². The van der Waals surface area contributed by atoms with E-state index in [1.807, 2.05) is 0 Å². The molecule has 2 aliphatic carbocycles. The average Bonchev–Trinajstić information content (AvgIpc) is 3.33. The molecule has 0 unspecified atom stereocenters. The van der Waals surface area contributed by atoms with E-state index in [0.29, 0.717) is 0 Å². The minimum absolute atomic E-state index is 0.286. The molecule has 0 aliphatic heterocycles. The quantitative estimate of drug-likeness (QED) is 0.554. The van der Waals surface area contributed by atoms with Crippen LogP contribution >= 0.6 is 0 Å². The molecule has 0 saturated heterocycles. The standard InChI is InChI=1S/C22H33N/c1-4-22(13-14-23-16-19-11-12-19)15-17(2)7-5-9-20-10-6-8-18(3)21(20)22/h6,8,10,19,23H,2,4-5,7,9,11-16H2,1,3H3/t22-/m0/s1. The molecule has 0 amide bonds. The van der Waals surface area contributed by atoms with Gasteiger partial charge in [-0.2, -0.15) is 0 Å². The van der Waals surface area contributed by atoms with Crippen molar-refractivity contribution in [3.63, 3.8) is 0 Å². The molecule has 1 heteroatoms. The van der Waals surface area contributed by atoms with E-state index >= 15 is 0 Å². The molecule has 0 spiro atoms. The Bertz CT molecular complexity index is 555. The largest absolute Gasteiger partial charge is 0.316 e. The Hall–Kier alpha value is -1.08. The molecule has 3 rings (SSSR count). The van der Waals surface area contributed by atoms with Crippen molar-refractivity contribution in [3.8, 4) is 0 Å². The lowest BCUT2D eigenvalue weighted by molar-refractivity contribution is 0.352. The van der Waals surface area contributed by atoms with Gasteiger partial charge in [0.05, 0.1) is 0 Å². The summed E-state index contributed by atoms with van der Waals surface area (Å²) in [7, 11) is 0. The van der Waals surface area contributed by atoms with Gasteiger partial charge in [-0.1, -0.05) is 37.3 Å². The monoisotopic (exact) mass is 311 g/mol. The van der Waals surface area contributed by atoms with Gasteiger partial charge in [0.1, 0.15) is 0 Å². The van der Waals surface area contributed by atoms with Gasteiger partial charge in [0.15, 0.2) is 0 Å². The molecule has 0 bridgehead atoms. The molecule has 1 aromatic rings. The molecule has 0 heterocycles. The number of nitrogens with one attached hydrogen (secondary N) is 1. The highest BCUT2D eigenvalue weighted by atomic mass is 14.9. The highest BCUT2D eigenvalue weighted by Gasteiger charge is 2.35. The van der Waals surface area contributed by atoms with Gasteiger partial charge in [-0.25, -0.2) is 0 Å². The lowest BCUT2D eigenvalue weighted by Crippen LogP contribution is -2.34. The second-order valence-electron chi connectivity index (χ2n) is 7.92. The van der Waals surface area contributed by atoms with Gasteiger partial charge < -0.3 is 5.32 Å². The van der Waals surface area contributed by atoms with Gasteiger partial charge in [0.2, 0.25) is 0 Å². The first-order valence-electron chi connectivity index (χ1n) is 9.61. The van der Waals surface area contributed by atoms with Crippen molar-refractivity contribution in [2.24, 2.45) is 5.92 Å². The SMILES string of the molecule is C=C1CCCc2cccc(C)c2[C@@](CC)(CCNCC2CC2)C1. The van der Waals surface area contributed by atoms with Crippen molar-refractivity contribution in [1.29, 1.82) is 0 Å². The predicted octanol–water partition coefficient (Wildman–Crippen LogP) is 5.32. The number of fused-ring (bicyclic) bond motifs is 1. The summed E-state index contributed by atoms with van der Waals surface area (Å²) >= 11 is 0. The van der Waals surface area contributed by atoms with Crippen molar-refractivity contribution in [2.45, 2.75) is 70.6 Å². The fourth-order valence-electron chi connectivity index (χ4n) is 4.53. The Morgan fingerprint density at radius 1 is 1.26 bits per heavy atom. The lowest BCUT2D eigenvalue weighted by atomic mass is 9.66. The predicted molar refractivity (Wildman–Crippen MR) is 100 cm³/mol. The Balaban J connectivity index is 1.85. The summed E-state index contributed by atoms with van der Waals surface area (Å²) in [6, 6.07) is 6.93. The van der Waals surface area contributed by atoms with E-state index in [0.717, 1.165) is 12.5 Å². The van der Waals surface area contributed by atoms with Crippen LogP contribution in [0, 0.1) is 12.8 Å². The molecule has 126 valence electrons. The molecule has 0 aromatic heterocycles. The normalized spacial score (nSPS) is 24.9. The van der Waals surface area contributed by atoms with Crippen LogP contribution in [0.3, 0.4) is 0 Å². The molecule has 23 heavy (non-hydrogen) atoms. The van der Waals surface area contributed by atoms with E-state index in [-0.39, 0.29) is 5.41 Å². The first-order chi connectivity index (χ1) is 11.1. The van der Waals surface area contributed by atoms with E-state index in [2.05, 4.69) is 43.9 Å². The van der Waals surface area contributed by atoms with E-state index in [1.54, 1.807) is 11.1 Å². The summed E-state index contributed by atoms with van der Waals surface area (Å²) in [5, 5.41) is 3.73. The molecule has 1 fully saturated rings.